The predicted molar refractivity (Wildman–Crippen MR) is 72.0 cm³/mol. The van der Waals surface area contributed by atoms with Crippen LogP contribution in [0.25, 0.3) is 0 Å². The topological polar surface area (TPSA) is 34.4 Å². The third kappa shape index (κ3) is 2.57. The second-order valence-electron chi connectivity index (χ2n) is 4.38. The van der Waals surface area contributed by atoms with Crippen molar-refractivity contribution in [1.29, 1.82) is 0 Å². The zero-order valence-corrected chi connectivity index (χ0v) is 10.8. The van der Waals surface area contributed by atoms with Crippen LogP contribution in [-0.4, -0.2) is 23.4 Å². The summed E-state index contributed by atoms with van der Waals surface area (Å²) < 4.78 is 7.27. The van der Waals surface area contributed by atoms with E-state index in [-0.39, 0.29) is 12.5 Å². The standard InChI is InChI=1S/C15H19NO2/c1-16-10-3-4-15(16)14(9-11-17)12-5-7-13(18-2)8-6-12/h3-8,10,14,17H,9,11H2,1-2H3/t14-/m0/s1. The molecule has 1 aromatic heterocycles. The first kappa shape index (κ1) is 12.7. The first-order valence-corrected chi connectivity index (χ1v) is 6.12. The van der Waals surface area contributed by atoms with Crippen LogP contribution in [-0.2, 0) is 7.05 Å². The maximum Gasteiger partial charge on any atom is 0.118 e. The third-order valence-electron chi connectivity index (χ3n) is 3.28. The van der Waals surface area contributed by atoms with Crippen LogP contribution in [0.15, 0.2) is 42.6 Å². The summed E-state index contributed by atoms with van der Waals surface area (Å²) in [6.45, 7) is 0.182. The molecule has 1 heterocycles. The summed E-state index contributed by atoms with van der Waals surface area (Å²) in [5.41, 5.74) is 2.42. The molecule has 0 saturated carbocycles. The van der Waals surface area contributed by atoms with Gasteiger partial charge in [0, 0.05) is 31.5 Å². The normalized spacial score (nSPS) is 12.4. The predicted octanol–water partition coefficient (Wildman–Crippen LogP) is 2.55. The van der Waals surface area contributed by atoms with Crippen LogP contribution < -0.4 is 4.74 Å². The number of benzene rings is 1. The number of aryl methyl sites for hydroxylation is 1. The van der Waals surface area contributed by atoms with E-state index in [0.717, 1.165) is 12.2 Å². The van der Waals surface area contributed by atoms with E-state index in [4.69, 9.17) is 4.74 Å². The Bertz CT molecular complexity index is 487. The van der Waals surface area contributed by atoms with Crippen LogP contribution in [0.2, 0.25) is 0 Å². The molecule has 0 fully saturated rings. The van der Waals surface area contributed by atoms with Crippen molar-refractivity contribution in [1.82, 2.24) is 4.57 Å². The van der Waals surface area contributed by atoms with Gasteiger partial charge in [-0.3, -0.25) is 0 Å². The Morgan fingerprint density at radius 3 is 2.44 bits per heavy atom. The number of aliphatic hydroxyl groups excluding tert-OH is 1. The molecule has 0 bridgehead atoms. The van der Waals surface area contributed by atoms with Gasteiger partial charge < -0.3 is 14.4 Å². The Balaban J connectivity index is 2.32. The fraction of sp³-hybridized carbons (Fsp3) is 0.333. The largest absolute Gasteiger partial charge is 0.497 e. The highest BCUT2D eigenvalue weighted by molar-refractivity contribution is 5.34. The molecule has 0 saturated heterocycles. The zero-order chi connectivity index (χ0) is 13.0. The summed E-state index contributed by atoms with van der Waals surface area (Å²) in [6.07, 6.45) is 2.76. The van der Waals surface area contributed by atoms with Crippen molar-refractivity contribution in [2.45, 2.75) is 12.3 Å². The molecule has 0 aliphatic heterocycles. The molecule has 0 unspecified atom stereocenters. The van der Waals surface area contributed by atoms with Gasteiger partial charge in [-0.05, 0) is 36.2 Å². The lowest BCUT2D eigenvalue weighted by molar-refractivity contribution is 0.280. The zero-order valence-electron chi connectivity index (χ0n) is 10.8. The van der Waals surface area contributed by atoms with Gasteiger partial charge in [0.25, 0.3) is 0 Å². The van der Waals surface area contributed by atoms with Crippen LogP contribution in [0.3, 0.4) is 0 Å². The number of hydrogen-bond donors (Lipinski definition) is 1. The van der Waals surface area contributed by atoms with E-state index in [2.05, 4.69) is 22.8 Å². The molecule has 1 aromatic carbocycles. The van der Waals surface area contributed by atoms with Gasteiger partial charge in [-0.1, -0.05) is 12.1 Å². The highest BCUT2D eigenvalue weighted by atomic mass is 16.5. The Labute approximate surface area is 108 Å². The summed E-state index contributed by atoms with van der Waals surface area (Å²) in [4.78, 5) is 0. The fourth-order valence-corrected chi connectivity index (χ4v) is 2.29. The highest BCUT2D eigenvalue weighted by Gasteiger charge is 2.16. The number of hydrogen-bond acceptors (Lipinski definition) is 2. The van der Waals surface area contributed by atoms with E-state index < -0.39 is 0 Å². The van der Waals surface area contributed by atoms with Gasteiger partial charge in [-0.25, -0.2) is 0 Å². The Morgan fingerprint density at radius 1 is 1.22 bits per heavy atom. The molecule has 96 valence electrons. The summed E-state index contributed by atoms with van der Waals surface area (Å²) >= 11 is 0. The SMILES string of the molecule is COc1ccc([C@H](CCO)c2cccn2C)cc1. The van der Waals surface area contributed by atoms with Gasteiger partial charge in [0.2, 0.25) is 0 Å². The Kier molecular flexibility index (Phi) is 4.05. The highest BCUT2D eigenvalue weighted by Crippen LogP contribution is 2.29. The van der Waals surface area contributed by atoms with Crippen molar-refractivity contribution in [3.05, 3.63) is 53.9 Å². The molecule has 1 atom stereocenters. The van der Waals surface area contributed by atoms with Crippen LogP contribution in [0.1, 0.15) is 23.6 Å². The second kappa shape index (κ2) is 5.74. The van der Waals surface area contributed by atoms with Gasteiger partial charge in [-0.15, -0.1) is 0 Å². The van der Waals surface area contributed by atoms with Gasteiger partial charge >= 0.3 is 0 Å². The van der Waals surface area contributed by atoms with Crippen molar-refractivity contribution in [3.63, 3.8) is 0 Å². The summed E-state index contributed by atoms with van der Waals surface area (Å²) in [5, 5.41) is 9.25. The lowest BCUT2D eigenvalue weighted by Gasteiger charge is -2.18. The molecule has 1 N–H and O–H groups in total. The van der Waals surface area contributed by atoms with E-state index in [1.54, 1.807) is 7.11 Å². The minimum Gasteiger partial charge on any atom is -0.497 e. The molecule has 3 nitrogen and oxygen atoms in total. The number of ether oxygens (including phenoxy) is 1. The van der Waals surface area contributed by atoms with Gasteiger partial charge in [-0.2, -0.15) is 0 Å². The quantitative estimate of drug-likeness (QED) is 0.878. The average molecular weight is 245 g/mol. The molecule has 2 rings (SSSR count). The van der Waals surface area contributed by atoms with E-state index in [0.29, 0.717) is 0 Å². The van der Waals surface area contributed by atoms with Crippen molar-refractivity contribution in [2.75, 3.05) is 13.7 Å². The smallest absolute Gasteiger partial charge is 0.118 e. The number of aliphatic hydroxyl groups is 1. The minimum absolute atomic E-state index is 0.182. The van der Waals surface area contributed by atoms with E-state index in [9.17, 15) is 5.11 Å². The number of methoxy groups -OCH3 is 1. The monoisotopic (exact) mass is 245 g/mol. The summed E-state index contributed by atoms with van der Waals surface area (Å²) in [7, 11) is 3.70. The maximum atomic E-state index is 9.25. The fourth-order valence-electron chi connectivity index (χ4n) is 2.29. The van der Waals surface area contributed by atoms with Crippen LogP contribution in [0.4, 0.5) is 0 Å². The Hall–Kier alpha value is -1.74. The average Bonchev–Trinajstić information content (AvgIpc) is 2.82. The first-order valence-electron chi connectivity index (χ1n) is 6.12. The molecule has 0 radical (unpaired) electrons. The summed E-state index contributed by atoms with van der Waals surface area (Å²) in [5.74, 6) is 1.08. The number of nitrogens with zero attached hydrogens (tertiary/aromatic N) is 1. The Morgan fingerprint density at radius 2 is 1.94 bits per heavy atom. The van der Waals surface area contributed by atoms with E-state index >= 15 is 0 Å². The second-order valence-corrected chi connectivity index (χ2v) is 4.38. The number of rotatable bonds is 5. The van der Waals surface area contributed by atoms with Crippen molar-refractivity contribution in [2.24, 2.45) is 7.05 Å². The molecular weight excluding hydrogens is 226 g/mol. The van der Waals surface area contributed by atoms with Crippen LogP contribution in [0, 0.1) is 0 Å². The maximum absolute atomic E-state index is 9.25. The molecule has 0 aliphatic carbocycles. The molecule has 3 heteroatoms. The molecule has 2 aromatic rings. The van der Waals surface area contributed by atoms with Crippen LogP contribution in [0.5, 0.6) is 5.75 Å². The van der Waals surface area contributed by atoms with Gasteiger partial charge in [0.1, 0.15) is 5.75 Å². The number of aromatic nitrogens is 1. The molecule has 0 amide bonds. The molecule has 0 spiro atoms. The van der Waals surface area contributed by atoms with Crippen molar-refractivity contribution in [3.8, 4) is 5.75 Å². The van der Waals surface area contributed by atoms with Gasteiger partial charge in [0.05, 0.1) is 7.11 Å². The molecular formula is C15H19NO2. The van der Waals surface area contributed by atoms with Gasteiger partial charge in [0.15, 0.2) is 0 Å². The molecule has 0 aliphatic rings. The lowest BCUT2D eigenvalue weighted by Crippen LogP contribution is -2.08. The summed E-state index contributed by atoms with van der Waals surface area (Å²) in [6, 6.07) is 12.2. The third-order valence-corrected chi connectivity index (χ3v) is 3.28. The molecule has 18 heavy (non-hydrogen) atoms. The van der Waals surface area contributed by atoms with E-state index in [1.807, 2.05) is 31.4 Å². The van der Waals surface area contributed by atoms with E-state index in [1.165, 1.54) is 11.3 Å². The van der Waals surface area contributed by atoms with Crippen molar-refractivity contribution < 1.29 is 9.84 Å². The van der Waals surface area contributed by atoms with Crippen LogP contribution >= 0.6 is 0 Å². The lowest BCUT2D eigenvalue weighted by atomic mass is 9.92. The van der Waals surface area contributed by atoms with Crippen molar-refractivity contribution >= 4 is 0 Å². The first-order chi connectivity index (χ1) is 8.76. The minimum atomic E-state index is 0.182.